The van der Waals surface area contributed by atoms with Crippen molar-refractivity contribution in [3.8, 4) is 0 Å². The molecule has 1 aromatic carbocycles. The number of halogens is 1. The van der Waals surface area contributed by atoms with Gasteiger partial charge in [0.05, 0.1) is 10.5 Å². The van der Waals surface area contributed by atoms with Crippen LogP contribution in [0.4, 0.5) is 5.69 Å². The van der Waals surface area contributed by atoms with Crippen LogP contribution >= 0.6 is 15.9 Å². The summed E-state index contributed by atoms with van der Waals surface area (Å²) in [5.74, 6) is 0.272. The minimum absolute atomic E-state index is 0.191. The lowest BCUT2D eigenvalue weighted by atomic mass is 9.91. The Morgan fingerprint density at radius 3 is 2.53 bits per heavy atom. The highest BCUT2D eigenvalue weighted by molar-refractivity contribution is 9.10. The third-order valence-corrected chi connectivity index (χ3v) is 6.58. The van der Waals surface area contributed by atoms with Crippen molar-refractivity contribution < 1.29 is 13.5 Å². The van der Waals surface area contributed by atoms with Gasteiger partial charge in [0.15, 0.2) is 0 Å². The van der Waals surface area contributed by atoms with Crippen LogP contribution in [0.2, 0.25) is 0 Å². The zero-order chi connectivity index (χ0) is 13.8. The number of nitrogens with two attached hydrogens (primary N) is 1. The third-order valence-electron chi connectivity index (χ3n) is 3.81. The number of benzene rings is 1. The van der Waals surface area contributed by atoms with E-state index in [0.29, 0.717) is 10.2 Å². The molecule has 3 rings (SSSR count). The van der Waals surface area contributed by atoms with Gasteiger partial charge in [0.1, 0.15) is 0 Å². The van der Waals surface area contributed by atoms with E-state index in [4.69, 9.17) is 5.73 Å². The average Bonchev–Trinajstić information content (AvgIpc) is 3.07. The highest BCUT2D eigenvalue weighted by atomic mass is 79.9. The fourth-order valence-corrected chi connectivity index (χ4v) is 5.10. The number of aliphatic hydroxyl groups is 1. The van der Waals surface area contributed by atoms with Crippen molar-refractivity contribution in [2.45, 2.75) is 23.3 Å². The van der Waals surface area contributed by atoms with E-state index < -0.39 is 15.6 Å². The van der Waals surface area contributed by atoms with Crippen LogP contribution in [-0.2, 0) is 10.0 Å². The monoisotopic (exact) mass is 346 g/mol. The van der Waals surface area contributed by atoms with Crippen LogP contribution in [-0.4, -0.2) is 36.5 Å². The topological polar surface area (TPSA) is 83.6 Å². The molecule has 0 aromatic heterocycles. The zero-order valence-corrected chi connectivity index (χ0v) is 12.6. The summed E-state index contributed by atoms with van der Waals surface area (Å²) >= 11 is 3.23. The molecule has 7 heteroatoms. The molecule has 104 valence electrons. The number of nitrogen functional groups attached to an aromatic ring is 1. The van der Waals surface area contributed by atoms with Gasteiger partial charge in [0, 0.05) is 23.2 Å². The maximum absolute atomic E-state index is 12.4. The second-order valence-corrected chi connectivity index (χ2v) is 8.10. The van der Waals surface area contributed by atoms with Gasteiger partial charge >= 0.3 is 0 Å². The summed E-state index contributed by atoms with van der Waals surface area (Å²) in [6.45, 7) is 0.383. The molecule has 0 unspecified atom stereocenters. The van der Waals surface area contributed by atoms with E-state index in [1.807, 2.05) is 0 Å². The van der Waals surface area contributed by atoms with E-state index in [1.165, 1.54) is 10.4 Å². The summed E-state index contributed by atoms with van der Waals surface area (Å²) < 4.78 is 26.6. The standard InChI is InChI=1S/C12H15BrN2O3S/c13-10-5-9(14)3-4-11(10)19(17,18)15-6-12(16,7-15)8-1-2-8/h3-5,8,16H,1-2,6-7,14H2. The second-order valence-electron chi connectivity index (χ2n) is 5.34. The Kier molecular flexibility index (Phi) is 2.94. The number of β-amino-alcohol motifs (C(OH)–C–C–N with tert-alkyl or cyclic N) is 1. The van der Waals surface area contributed by atoms with Crippen LogP contribution in [0, 0.1) is 5.92 Å². The molecule has 1 aliphatic heterocycles. The molecule has 1 aromatic rings. The molecule has 1 heterocycles. The number of sulfonamides is 1. The maximum Gasteiger partial charge on any atom is 0.244 e. The van der Waals surface area contributed by atoms with Crippen LogP contribution in [0.15, 0.2) is 27.6 Å². The first-order valence-corrected chi connectivity index (χ1v) is 8.34. The lowest BCUT2D eigenvalue weighted by Gasteiger charge is -2.45. The van der Waals surface area contributed by atoms with Crippen molar-refractivity contribution in [3.05, 3.63) is 22.7 Å². The summed E-state index contributed by atoms with van der Waals surface area (Å²) in [7, 11) is -3.56. The van der Waals surface area contributed by atoms with E-state index in [0.717, 1.165) is 12.8 Å². The predicted octanol–water partition coefficient (Wildman–Crippen LogP) is 1.18. The SMILES string of the molecule is Nc1ccc(S(=O)(=O)N2CC(O)(C3CC3)C2)c(Br)c1. The number of anilines is 1. The van der Waals surface area contributed by atoms with Gasteiger partial charge < -0.3 is 10.8 Å². The van der Waals surface area contributed by atoms with E-state index in [-0.39, 0.29) is 23.9 Å². The molecule has 0 radical (unpaired) electrons. The number of hydrogen-bond acceptors (Lipinski definition) is 4. The first-order chi connectivity index (χ1) is 8.83. The molecule has 5 nitrogen and oxygen atoms in total. The zero-order valence-electron chi connectivity index (χ0n) is 10.2. The van der Waals surface area contributed by atoms with Crippen molar-refractivity contribution in [3.63, 3.8) is 0 Å². The van der Waals surface area contributed by atoms with Gasteiger partial charge in [0.25, 0.3) is 0 Å². The number of rotatable bonds is 3. The second kappa shape index (κ2) is 4.18. The van der Waals surface area contributed by atoms with Crippen LogP contribution in [0.5, 0.6) is 0 Å². The Labute approximate surface area is 120 Å². The lowest BCUT2D eigenvalue weighted by Crippen LogP contribution is -2.64. The van der Waals surface area contributed by atoms with Crippen LogP contribution in [0.1, 0.15) is 12.8 Å². The molecule has 2 aliphatic rings. The Bertz CT molecular complexity index is 622. The molecular formula is C12H15BrN2O3S. The van der Waals surface area contributed by atoms with E-state index in [2.05, 4.69) is 15.9 Å². The number of hydrogen-bond donors (Lipinski definition) is 2. The Hall–Kier alpha value is -0.630. The molecule has 19 heavy (non-hydrogen) atoms. The summed E-state index contributed by atoms with van der Waals surface area (Å²) in [6, 6.07) is 4.62. The van der Waals surface area contributed by atoms with Gasteiger partial charge in [0.2, 0.25) is 10.0 Å². The van der Waals surface area contributed by atoms with Crippen LogP contribution < -0.4 is 5.73 Å². The van der Waals surface area contributed by atoms with Crippen molar-refractivity contribution >= 4 is 31.6 Å². The first kappa shape index (κ1) is 13.4. The first-order valence-electron chi connectivity index (χ1n) is 6.10. The predicted molar refractivity (Wildman–Crippen MR) is 75.0 cm³/mol. The molecule has 2 fully saturated rings. The van der Waals surface area contributed by atoms with E-state index >= 15 is 0 Å². The van der Waals surface area contributed by atoms with Crippen molar-refractivity contribution in [2.24, 2.45) is 5.92 Å². The molecule has 0 atom stereocenters. The fraction of sp³-hybridized carbons (Fsp3) is 0.500. The van der Waals surface area contributed by atoms with Gasteiger partial charge in [-0.25, -0.2) is 8.42 Å². The summed E-state index contributed by atoms with van der Waals surface area (Å²) in [4.78, 5) is 0.194. The van der Waals surface area contributed by atoms with Crippen molar-refractivity contribution in [2.75, 3.05) is 18.8 Å². The number of nitrogens with zero attached hydrogens (tertiary/aromatic N) is 1. The molecule has 1 aliphatic carbocycles. The minimum atomic E-state index is -3.56. The van der Waals surface area contributed by atoms with E-state index in [1.54, 1.807) is 12.1 Å². The highest BCUT2D eigenvalue weighted by Crippen LogP contribution is 2.46. The summed E-state index contributed by atoms with van der Waals surface area (Å²) in [5.41, 5.74) is 5.30. The van der Waals surface area contributed by atoms with Crippen LogP contribution in [0.3, 0.4) is 0 Å². The summed E-state index contributed by atoms with van der Waals surface area (Å²) in [5, 5.41) is 10.2. The molecule has 0 bridgehead atoms. The van der Waals surface area contributed by atoms with Crippen molar-refractivity contribution in [1.82, 2.24) is 4.31 Å². The van der Waals surface area contributed by atoms with E-state index in [9.17, 15) is 13.5 Å². The van der Waals surface area contributed by atoms with Gasteiger partial charge in [-0.05, 0) is 52.9 Å². The highest BCUT2D eigenvalue weighted by Gasteiger charge is 2.55. The Balaban J connectivity index is 1.84. The Morgan fingerprint density at radius 1 is 1.37 bits per heavy atom. The normalized spacial score (nSPS) is 23.1. The molecular weight excluding hydrogens is 332 g/mol. The molecule has 3 N–H and O–H groups in total. The van der Waals surface area contributed by atoms with Crippen molar-refractivity contribution in [1.29, 1.82) is 0 Å². The molecule has 0 spiro atoms. The largest absolute Gasteiger partial charge is 0.399 e. The van der Waals surface area contributed by atoms with Gasteiger partial charge in [-0.2, -0.15) is 4.31 Å². The smallest absolute Gasteiger partial charge is 0.244 e. The average molecular weight is 347 g/mol. The quantitative estimate of drug-likeness (QED) is 0.805. The molecule has 1 saturated carbocycles. The fourth-order valence-electron chi connectivity index (χ4n) is 2.48. The molecule has 1 saturated heterocycles. The maximum atomic E-state index is 12.4. The Morgan fingerprint density at radius 2 is 2.00 bits per heavy atom. The van der Waals surface area contributed by atoms with Gasteiger partial charge in [-0.1, -0.05) is 0 Å². The lowest BCUT2D eigenvalue weighted by molar-refractivity contribution is -0.0764. The third kappa shape index (κ3) is 2.18. The van der Waals surface area contributed by atoms with Gasteiger partial charge in [-0.15, -0.1) is 0 Å². The van der Waals surface area contributed by atoms with Crippen LogP contribution in [0.25, 0.3) is 0 Å². The van der Waals surface area contributed by atoms with Gasteiger partial charge in [-0.3, -0.25) is 0 Å². The minimum Gasteiger partial charge on any atom is -0.399 e. The molecule has 0 amide bonds. The summed E-state index contributed by atoms with van der Waals surface area (Å²) in [6.07, 6.45) is 1.99.